The molecule has 2 aliphatic rings. The average Bonchev–Trinajstić information content (AvgIpc) is 3.10. The zero-order valence-corrected chi connectivity index (χ0v) is 16.4. The second kappa shape index (κ2) is 9.33. The van der Waals surface area contributed by atoms with Crippen LogP contribution >= 0.6 is 0 Å². The molecule has 158 valence electrons. The van der Waals surface area contributed by atoms with E-state index < -0.39 is 17.5 Å². The predicted octanol–water partition coefficient (Wildman–Crippen LogP) is 4.12. The Balaban J connectivity index is 1.57. The van der Waals surface area contributed by atoms with Crippen molar-refractivity contribution in [2.45, 2.75) is 51.1 Å². The molecule has 0 radical (unpaired) electrons. The Hall–Kier alpha value is -2.51. The van der Waals surface area contributed by atoms with E-state index in [2.05, 4.69) is 6.92 Å². The number of cyclic esters (lactones) is 1. The molecular weight excluding hydrogens is 385 g/mol. The summed E-state index contributed by atoms with van der Waals surface area (Å²) in [6, 6.07) is 2.02. The van der Waals surface area contributed by atoms with Crippen LogP contribution in [0, 0.1) is 17.5 Å². The molecule has 0 spiro atoms. The van der Waals surface area contributed by atoms with E-state index in [0.717, 1.165) is 43.5 Å². The van der Waals surface area contributed by atoms with Crippen LogP contribution in [0.25, 0.3) is 6.08 Å². The van der Waals surface area contributed by atoms with Crippen molar-refractivity contribution in [1.29, 1.82) is 0 Å². The minimum atomic E-state index is -1.56. The smallest absolute Gasteiger partial charge is 0.410 e. The molecule has 1 aromatic rings. The SMILES string of the molecule is CCCCC1COC(=O)N1C1CCN(C(=O)C=Cc2ccc(F)c(F)c2F)CC1. The largest absolute Gasteiger partial charge is 0.447 e. The van der Waals surface area contributed by atoms with Gasteiger partial charge in [-0.1, -0.05) is 19.8 Å². The van der Waals surface area contributed by atoms with Crippen LogP contribution in [0.4, 0.5) is 18.0 Å². The van der Waals surface area contributed by atoms with E-state index in [1.165, 1.54) is 0 Å². The monoisotopic (exact) mass is 410 g/mol. The van der Waals surface area contributed by atoms with Gasteiger partial charge in [0, 0.05) is 30.8 Å². The summed E-state index contributed by atoms with van der Waals surface area (Å²) in [6.07, 6.45) is 6.27. The number of carbonyl (C=O) groups excluding carboxylic acids is 2. The van der Waals surface area contributed by atoms with E-state index >= 15 is 0 Å². The Labute approximate surface area is 168 Å². The van der Waals surface area contributed by atoms with Gasteiger partial charge in [0.15, 0.2) is 17.5 Å². The van der Waals surface area contributed by atoms with Crippen LogP contribution in [0.15, 0.2) is 18.2 Å². The number of piperidine rings is 1. The number of nitrogens with zero attached hydrogens (tertiary/aromatic N) is 2. The van der Waals surface area contributed by atoms with Gasteiger partial charge in [0.25, 0.3) is 0 Å². The van der Waals surface area contributed by atoms with Crippen LogP contribution in [-0.2, 0) is 9.53 Å². The molecule has 0 bridgehead atoms. The van der Waals surface area contributed by atoms with Crippen molar-refractivity contribution >= 4 is 18.1 Å². The molecule has 0 aliphatic carbocycles. The zero-order valence-electron chi connectivity index (χ0n) is 16.4. The van der Waals surface area contributed by atoms with Gasteiger partial charge in [-0.3, -0.25) is 9.69 Å². The number of halogens is 3. The van der Waals surface area contributed by atoms with Gasteiger partial charge in [0.05, 0.1) is 6.04 Å². The number of likely N-dealkylation sites (tertiary alicyclic amines) is 1. The first-order valence-electron chi connectivity index (χ1n) is 9.98. The number of hydrogen-bond donors (Lipinski definition) is 0. The van der Waals surface area contributed by atoms with E-state index in [1.807, 2.05) is 4.90 Å². The number of benzene rings is 1. The highest BCUT2D eigenvalue weighted by atomic mass is 19.2. The molecule has 3 rings (SSSR count). The van der Waals surface area contributed by atoms with Gasteiger partial charge in [0.1, 0.15) is 6.61 Å². The van der Waals surface area contributed by atoms with Crippen molar-refractivity contribution in [1.82, 2.24) is 9.80 Å². The van der Waals surface area contributed by atoms with Crippen LogP contribution < -0.4 is 0 Å². The molecule has 8 heteroatoms. The van der Waals surface area contributed by atoms with Crippen molar-refractivity contribution in [3.05, 3.63) is 41.2 Å². The fraction of sp³-hybridized carbons (Fsp3) is 0.524. The number of hydrogen-bond acceptors (Lipinski definition) is 3. The molecular formula is C21H25F3N2O3. The van der Waals surface area contributed by atoms with Gasteiger partial charge >= 0.3 is 6.09 Å². The third-order valence-corrected chi connectivity index (χ3v) is 5.53. The maximum absolute atomic E-state index is 13.7. The normalized spacial score (nSPS) is 20.6. The maximum atomic E-state index is 13.7. The number of amides is 2. The number of carbonyl (C=O) groups is 2. The van der Waals surface area contributed by atoms with Gasteiger partial charge in [-0.2, -0.15) is 0 Å². The fourth-order valence-electron chi connectivity index (χ4n) is 3.88. The van der Waals surface area contributed by atoms with E-state index in [0.29, 0.717) is 32.5 Å². The van der Waals surface area contributed by atoms with Crippen molar-refractivity contribution < 1.29 is 27.5 Å². The molecule has 2 aliphatic heterocycles. The second-order valence-electron chi connectivity index (χ2n) is 7.43. The number of rotatable bonds is 6. The first-order valence-corrected chi connectivity index (χ1v) is 9.98. The Bertz CT molecular complexity index is 792. The van der Waals surface area contributed by atoms with Crippen LogP contribution in [0.1, 0.15) is 44.6 Å². The summed E-state index contributed by atoms with van der Waals surface area (Å²) in [4.78, 5) is 27.9. The van der Waals surface area contributed by atoms with Crippen LogP contribution in [0.2, 0.25) is 0 Å². The number of unbranched alkanes of at least 4 members (excludes halogenated alkanes) is 1. The lowest BCUT2D eigenvalue weighted by molar-refractivity contribution is -0.127. The topological polar surface area (TPSA) is 49.9 Å². The molecule has 0 saturated carbocycles. The minimum Gasteiger partial charge on any atom is -0.447 e. The highest BCUT2D eigenvalue weighted by Gasteiger charge is 2.39. The summed E-state index contributed by atoms with van der Waals surface area (Å²) >= 11 is 0. The predicted molar refractivity (Wildman–Crippen MR) is 101 cm³/mol. The summed E-state index contributed by atoms with van der Waals surface area (Å²) in [5.41, 5.74) is -0.189. The van der Waals surface area contributed by atoms with Crippen molar-refractivity contribution in [2.24, 2.45) is 0 Å². The van der Waals surface area contributed by atoms with Gasteiger partial charge < -0.3 is 9.64 Å². The highest BCUT2D eigenvalue weighted by Crippen LogP contribution is 2.26. The van der Waals surface area contributed by atoms with Crippen molar-refractivity contribution in [3.63, 3.8) is 0 Å². The molecule has 29 heavy (non-hydrogen) atoms. The highest BCUT2D eigenvalue weighted by molar-refractivity contribution is 5.91. The second-order valence-corrected chi connectivity index (χ2v) is 7.43. The third-order valence-electron chi connectivity index (χ3n) is 5.53. The van der Waals surface area contributed by atoms with Crippen molar-refractivity contribution in [3.8, 4) is 0 Å². The average molecular weight is 410 g/mol. The van der Waals surface area contributed by atoms with Gasteiger partial charge in [-0.05, 0) is 37.5 Å². The summed E-state index contributed by atoms with van der Waals surface area (Å²) in [5.74, 6) is -4.49. The molecule has 0 aromatic heterocycles. The molecule has 0 N–H and O–H groups in total. The van der Waals surface area contributed by atoms with E-state index in [-0.39, 0.29) is 29.6 Å². The summed E-state index contributed by atoms with van der Waals surface area (Å²) in [5, 5.41) is 0. The first-order chi connectivity index (χ1) is 13.9. The lowest BCUT2D eigenvalue weighted by Gasteiger charge is -2.37. The molecule has 2 saturated heterocycles. The quantitative estimate of drug-likeness (QED) is 0.524. The minimum absolute atomic E-state index is 0.0310. The lowest BCUT2D eigenvalue weighted by atomic mass is 10.00. The molecule has 1 atom stereocenters. The summed E-state index contributed by atoms with van der Waals surface area (Å²) in [7, 11) is 0. The molecule has 1 aromatic carbocycles. The van der Waals surface area contributed by atoms with Gasteiger partial charge in [0.2, 0.25) is 5.91 Å². The summed E-state index contributed by atoms with van der Waals surface area (Å²) in [6.45, 7) is 3.43. The Morgan fingerprint density at radius 1 is 1.21 bits per heavy atom. The Morgan fingerprint density at radius 3 is 2.62 bits per heavy atom. The van der Waals surface area contributed by atoms with Crippen LogP contribution in [-0.4, -0.2) is 53.6 Å². The molecule has 2 amide bonds. The Morgan fingerprint density at radius 2 is 1.93 bits per heavy atom. The first kappa shape index (κ1) is 21.2. The molecule has 5 nitrogen and oxygen atoms in total. The van der Waals surface area contributed by atoms with E-state index in [9.17, 15) is 22.8 Å². The Kier molecular flexibility index (Phi) is 6.82. The maximum Gasteiger partial charge on any atom is 0.410 e. The third kappa shape index (κ3) is 4.74. The zero-order chi connectivity index (χ0) is 21.0. The van der Waals surface area contributed by atoms with Gasteiger partial charge in [-0.15, -0.1) is 0 Å². The molecule has 2 fully saturated rings. The van der Waals surface area contributed by atoms with E-state index in [4.69, 9.17) is 4.74 Å². The lowest BCUT2D eigenvalue weighted by Crippen LogP contribution is -2.49. The summed E-state index contributed by atoms with van der Waals surface area (Å²) < 4.78 is 45.2. The standard InChI is InChI=1S/C21H25F3N2O3/c1-2-3-4-16-13-29-21(28)26(16)15-9-11-25(12-10-15)18(27)8-6-14-5-7-17(22)20(24)19(14)23/h5-8,15-16H,2-4,9-13H2,1H3. The van der Waals surface area contributed by atoms with Crippen LogP contribution in [0.3, 0.4) is 0 Å². The van der Waals surface area contributed by atoms with Crippen LogP contribution in [0.5, 0.6) is 0 Å². The molecule has 2 heterocycles. The van der Waals surface area contributed by atoms with E-state index in [1.54, 1.807) is 4.90 Å². The van der Waals surface area contributed by atoms with Crippen molar-refractivity contribution in [2.75, 3.05) is 19.7 Å². The number of ether oxygens (including phenoxy) is 1. The van der Waals surface area contributed by atoms with Gasteiger partial charge in [-0.25, -0.2) is 18.0 Å². The fourth-order valence-corrected chi connectivity index (χ4v) is 3.88. The molecule has 1 unspecified atom stereocenters.